The van der Waals surface area contributed by atoms with E-state index >= 15 is 0 Å². The highest BCUT2D eigenvalue weighted by Crippen LogP contribution is 2.33. The Morgan fingerprint density at radius 3 is 2.76 bits per heavy atom. The van der Waals surface area contributed by atoms with Crippen molar-refractivity contribution >= 4 is 15.7 Å². The summed E-state index contributed by atoms with van der Waals surface area (Å²) in [7, 11) is -3.65. The van der Waals surface area contributed by atoms with Crippen LogP contribution in [0.5, 0.6) is 5.75 Å². The molecule has 2 aromatic rings. The number of sulfonamides is 1. The van der Waals surface area contributed by atoms with Gasteiger partial charge in [0.15, 0.2) is 0 Å². The highest BCUT2D eigenvalue weighted by atomic mass is 32.2. The molecule has 1 unspecified atom stereocenters. The number of para-hydroxylation sites is 1. The SMILES string of the molecule is Cc1c(N)cccc1S(=O)(=O)NC1COc2ccccc21. The van der Waals surface area contributed by atoms with E-state index in [9.17, 15) is 8.42 Å². The Balaban J connectivity index is 1.93. The zero-order valence-corrected chi connectivity index (χ0v) is 12.4. The third-order valence-electron chi connectivity index (χ3n) is 3.61. The van der Waals surface area contributed by atoms with Crippen molar-refractivity contribution in [3.8, 4) is 5.75 Å². The third kappa shape index (κ3) is 2.48. The molecule has 1 aliphatic heterocycles. The van der Waals surface area contributed by atoms with Crippen LogP contribution in [0.25, 0.3) is 0 Å². The smallest absolute Gasteiger partial charge is 0.241 e. The Labute approximate surface area is 123 Å². The number of hydrogen-bond donors (Lipinski definition) is 2. The molecule has 0 bridgehead atoms. The number of rotatable bonds is 3. The minimum Gasteiger partial charge on any atom is -0.491 e. The van der Waals surface area contributed by atoms with E-state index in [-0.39, 0.29) is 10.9 Å². The Bertz CT molecular complexity index is 787. The number of benzene rings is 2. The van der Waals surface area contributed by atoms with E-state index in [0.717, 1.165) is 11.3 Å². The van der Waals surface area contributed by atoms with Crippen LogP contribution in [-0.4, -0.2) is 15.0 Å². The molecule has 3 N–H and O–H groups in total. The molecule has 1 atom stereocenters. The summed E-state index contributed by atoms with van der Waals surface area (Å²) in [6.07, 6.45) is 0. The van der Waals surface area contributed by atoms with Gasteiger partial charge >= 0.3 is 0 Å². The van der Waals surface area contributed by atoms with E-state index in [0.29, 0.717) is 17.9 Å². The molecule has 3 rings (SSSR count). The maximum absolute atomic E-state index is 12.5. The first-order valence-electron chi connectivity index (χ1n) is 6.58. The van der Waals surface area contributed by atoms with Crippen molar-refractivity contribution in [2.75, 3.05) is 12.3 Å². The first-order chi connectivity index (χ1) is 9.99. The Morgan fingerprint density at radius 2 is 1.95 bits per heavy atom. The summed E-state index contributed by atoms with van der Waals surface area (Å²) in [5.74, 6) is 0.717. The lowest BCUT2D eigenvalue weighted by molar-refractivity contribution is 0.325. The maximum atomic E-state index is 12.5. The third-order valence-corrected chi connectivity index (χ3v) is 5.23. The second kappa shape index (κ2) is 5.05. The number of anilines is 1. The van der Waals surface area contributed by atoms with Crippen LogP contribution in [0.3, 0.4) is 0 Å². The lowest BCUT2D eigenvalue weighted by Gasteiger charge is -2.14. The largest absolute Gasteiger partial charge is 0.491 e. The molecular weight excluding hydrogens is 288 g/mol. The summed E-state index contributed by atoms with van der Waals surface area (Å²) in [6, 6.07) is 11.9. The van der Waals surface area contributed by atoms with Gasteiger partial charge in [-0.05, 0) is 30.7 Å². The van der Waals surface area contributed by atoms with Gasteiger partial charge in [0.1, 0.15) is 12.4 Å². The fourth-order valence-electron chi connectivity index (χ4n) is 2.43. The van der Waals surface area contributed by atoms with Crippen molar-refractivity contribution in [1.82, 2.24) is 4.72 Å². The van der Waals surface area contributed by atoms with E-state index < -0.39 is 10.0 Å². The number of nitrogens with one attached hydrogen (secondary N) is 1. The molecule has 1 aliphatic rings. The number of fused-ring (bicyclic) bond motifs is 1. The lowest BCUT2D eigenvalue weighted by atomic mass is 10.1. The molecule has 1 heterocycles. The van der Waals surface area contributed by atoms with Crippen molar-refractivity contribution in [3.63, 3.8) is 0 Å². The molecule has 0 amide bonds. The van der Waals surface area contributed by atoms with Gasteiger partial charge in [-0.1, -0.05) is 24.3 Å². The summed E-state index contributed by atoms with van der Waals surface area (Å²) >= 11 is 0. The standard InChI is InChI=1S/C15H16N2O3S/c1-10-12(16)6-4-8-15(10)21(18,19)17-13-9-20-14-7-3-2-5-11(13)14/h2-8,13,17H,9,16H2,1H3. The minimum atomic E-state index is -3.65. The zero-order valence-electron chi connectivity index (χ0n) is 11.5. The predicted octanol–water partition coefficient (Wildman–Crippen LogP) is 1.99. The van der Waals surface area contributed by atoms with E-state index in [2.05, 4.69) is 4.72 Å². The van der Waals surface area contributed by atoms with E-state index in [4.69, 9.17) is 10.5 Å². The van der Waals surface area contributed by atoms with Crippen LogP contribution in [0, 0.1) is 6.92 Å². The molecule has 110 valence electrons. The zero-order chi connectivity index (χ0) is 15.0. The van der Waals surface area contributed by atoms with Crippen molar-refractivity contribution < 1.29 is 13.2 Å². The number of hydrogen-bond acceptors (Lipinski definition) is 4. The van der Waals surface area contributed by atoms with Gasteiger partial charge in [-0.15, -0.1) is 0 Å². The topological polar surface area (TPSA) is 81.4 Å². The minimum absolute atomic E-state index is 0.201. The molecule has 0 saturated carbocycles. The first-order valence-corrected chi connectivity index (χ1v) is 8.06. The van der Waals surface area contributed by atoms with Gasteiger partial charge in [0.05, 0.1) is 10.9 Å². The van der Waals surface area contributed by atoms with Crippen LogP contribution in [0.1, 0.15) is 17.2 Å². The van der Waals surface area contributed by atoms with Crippen molar-refractivity contribution in [3.05, 3.63) is 53.6 Å². The Hall–Kier alpha value is -2.05. The molecule has 0 radical (unpaired) electrons. The molecule has 0 aliphatic carbocycles. The summed E-state index contributed by atoms with van der Waals surface area (Å²) in [5.41, 5.74) is 7.65. The van der Waals surface area contributed by atoms with Crippen LogP contribution in [0.15, 0.2) is 47.4 Å². The Morgan fingerprint density at radius 1 is 1.19 bits per heavy atom. The summed E-state index contributed by atoms with van der Waals surface area (Å²) in [4.78, 5) is 0.201. The molecule has 5 nitrogen and oxygen atoms in total. The molecule has 0 spiro atoms. The quantitative estimate of drug-likeness (QED) is 0.850. The van der Waals surface area contributed by atoms with Gasteiger partial charge < -0.3 is 10.5 Å². The number of nitrogens with two attached hydrogens (primary N) is 1. The average molecular weight is 304 g/mol. The molecule has 21 heavy (non-hydrogen) atoms. The normalized spacial score (nSPS) is 17.3. The molecule has 2 aromatic carbocycles. The van der Waals surface area contributed by atoms with Crippen molar-refractivity contribution in [1.29, 1.82) is 0 Å². The highest BCUT2D eigenvalue weighted by Gasteiger charge is 2.29. The fourth-order valence-corrected chi connectivity index (χ4v) is 3.91. The molecular formula is C15H16N2O3S. The molecule has 6 heteroatoms. The fraction of sp³-hybridized carbons (Fsp3) is 0.200. The van der Waals surface area contributed by atoms with Crippen LogP contribution >= 0.6 is 0 Å². The molecule has 0 aromatic heterocycles. The monoisotopic (exact) mass is 304 g/mol. The van der Waals surface area contributed by atoms with E-state index in [1.807, 2.05) is 24.3 Å². The van der Waals surface area contributed by atoms with Crippen molar-refractivity contribution in [2.45, 2.75) is 17.9 Å². The van der Waals surface area contributed by atoms with E-state index in [1.165, 1.54) is 0 Å². The van der Waals surface area contributed by atoms with Gasteiger partial charge in [-0.25, -0.2) is 13.1 Å². The summed E-state index contributed by atoms with van der Waals surface area (Å²) < 4.78 is 33.3. The Kier molecular flexibility index (Phi) is 3.35. The summed E-state index contributed by atoms with van der Waals surface area (Å²) in [6.45, 7) is 1.99. The van der Waals surface area contributed by atoms with Gasteiger partial charge in [0.25, 0.3) is 0 Å². The van der Waals surface area contributed by atoms with Gasteiger partial charge in [0, 0.05) is 11.3 Å². The van der Waals surface area contributed by atoms with Crippen LogP contribution in [0.2, 0.25) is 0 Å². The first kappa shape index (κ1) is 13.9. The number of nitrogen functional groups attached to an aromatic ring is 1. The van der Waals surface area contributed by atoms with Crippen LogP contribution < -0.4 is 15.2 Å². The molecule has 0 saturated heterocycles. The van der Waals surface area contributed by atoms with Gasteiger partial charge in [0.2, 0.25) is 10.0 Å². The summed E-state index contributed by atoms with van der Waals surface area (Å²) in [5, 5.41) is 0. The van der Waals surface area contributed by atoms with Crippen LogP contribution in [0.4, 0.5) is 5.69 Å². The average Bonchev–Trinajstić information content (AvgIpc) is 2.84. The second-order valence-electron chi connectivity index (χ2n) is 4.99. The highest BCUT2D eigenvalue weighted by molar-refractivity contribution is 7.89. The van der Waals surface area contributed by atoms with E-state index in [1.54, 1.807) is 25.1 Å². The number of ether oxygens (including phenoxy) is 1. The lowest BCUT2D eigenvalue weighted by Crippen LogP contribution is -2.30. The predicted molar refractivity (Wildman–Crippen MR) is 80.6 cm³/mol. The molecule has 0 fully saturated rings. The van der Waals surface area contributed by atoms with Crippen LogP contribution in [-0.2, 0) is 10.0 Å². The van der Waals surface area contributed by atoms with Gasteiger partial charge in [-0.3, -0.25) is 0 Å². The maximum Gasteiger partial charge on any atom is 0.241 e. The van der Waals surface area contributed by atoms with Gasteiger partial charge in [-0.2, -0.15) is 0 Å². The second-order valence-corrected chi connectivity index (χ2v) is 6.68. The van der Waals surface area contributed by atoms with Crippen molar-refractivity contribution in [2.24, 2.45) is 0 Å².